The predicted molar refractivity (Wildman–Crippen MR) is 44.8 cm³/mol. The Morgan fingerprint density at radius 2 is 2.33 bits per heavy atom. The first-order chi connectivity index (χ1) is 5.77. The number of nitriles is 1. The minimum Gasteiger partial charge on any atom is -0.481 e. The Kier molecular flexibility index (Phi) is 2.65. The first-order valence-electron chi connectivity index (χ1n) is 3.67. The fraction of sp³-hybridized carbons (Fsp3) is 0.333. The monoisotopic (exact) mass is 162 g/mol. The topological polar surface area (TPSA) is 45.9 Å². The molecule has 1 aromatic rings. The van der Waals surface area contributed by atoms with Crippen LogP contribution < -0.4 is 4.74 Å². The SMILES string of the molecule is COc1ccc(C(C)C#N)cn1. The number of nitrogens with zero attached hydrogens (tertiary/aromatic N) is 2. The maximum Gasteiger partial charge on any atom is 0.212 e. The third-order valence-corrected chi connectivity index (χ3v) is 1.66. The lowest BCUT2D eigenvalue weighted by atomic mass is 10.1. The van der Waals surface area contributed by atoms with Crippen molar-refractivity contribution in [1.82, 2.24) is 4.98 Å². The maximum atomic E-state index is 8.61. The van der Waals surface area contributed by atoms with Crippen molar-refractivity contribution in [3.63, 3.8) is 0 Å². The fourth-order valence-corrected chi connectivity index (χ4v) is 0.843. The van der Waals surface area contributed by atoms with E-state index in [-0.39, 0.29) is 5.92 Å². The first-order valence-corrected chi connectivity index (χ1v) is 3.67. The van der Waals surface area contributed by atoms with Crippen LogP contribution in [0.25, 0.3) is 0 Å². The minimum atomic E-state index is -0.108. The Morgan fingerprint density at radius 3 is 2.75 bits per heavy atom. The van der Waals surface area contributed by atoms with Gasteiger partial charge in [-0.3, -0.25) is 0 Å². The van der Waals surface area contributed by atoms with Crippen molar-refractivity contribution < 1.29 is 4.74 Å². The number of methoxy groups -OCH3 is 1. The van der Waals surface area contributed by atoms with Gasteiger partial charge in [-0.2, -0.15) is 5.26 Å². The number of pyridine rings is 1. The second-order valence-corrected chi connectivity index (χ2v) is 2.48. The Morgan fingerprint density at radius 1 is 1.58 bits per heavy atom. The lowest BCUT2D eigenvalue weighted by Crippen LogP contribution is -1.92. The molecule has 0 fully saturated rings. The summed E-state index contributed by atoms with van der Waals surface area (Å²) in [4.78, 5) is 3.99. The molecular weight excluding hydrogens is 152 g/mol. The summed E-state index contributed by atoms with van der Waals surface area (Å²) in [5.41, 5.74) is 0.915. The van der Waals surface area contributed by atoms with Gasteiger partial charge in [-0.05, 0) is 12.5 Å². The van der Waals surface area contributed by atoms with Crippen molar-refractivity contribution in [3.05, 3.63) is 23.9 Å². The highest BCUT2D eigenvalue weighted by atomic mass is 16.5. The Balaban J connectivity index is 2.86. The largest absolute Gasteiger partial charge is 0.481 e. The second-order valence-electron chi connectivity index (χ2n) is 2.48. The van der Waals surface area contributed by atoms with Crippen molar-refractivity contribution in [1.29, 1.82) is 5.26 Å². The van der Waals surface area contributed by atoms with E-state index < -0.39 is 0 Å². The summed E-state index contributed by atoms with van der Waals surface area (Å²) in [6, 6.07) is 5.74. The zero-order chi connectivity index (χ0) is 8.97. The van der Waals surface area contributed by atoms with Gasteiger partial charge < -0.3 is 4.74 Å². The van der Waals surface area contributed by atoms with Gasteiger partial charge in [0.15, 0.2) is 0 Å². The smallest absolute Gasteiger partial charge is 0.212 e. The zero-order valence-electron chi connectivity index (χ0n) is 7.11. The molecule has 0 amide bonds. The summed E-state index contributed by atoms with van der Waals surface area (Å²) in [6.07, 6.45) is 1.66. The van der Waals surface area contributed by atoms with Gasteiger partial charge >= 0.3 is 0 Å². The van der Waals surface area contributed by atoms with Crippen LogP contribution in [0.1, 0.15) is 18.4 Å². The quantitative estimate of drug-likeness (QED) is 0.665. The highest BCUT2D eigenvalue weighted by Gasteiger charge is 2.03. The van der Waals surface area contributed by atoms with Crippen LogP contribution in [0.4, 0.5) is 0 Å². The average Bonchev–Trinajstić information content (AvgIpc) is 2.17. The first kappa shape index (κ1) is 8.54. The third-order valence-electron chi connectivity index (χ3n) is 1.66. The van der Waals surface area contributed by atoms with E-state index in [1.807, 2.05) is 13.0 Å². The molecule has 1 heterocycles. The molecule has 0 aliphatic carbocycles. The molecule has 0 aromatic carbocycles. The summed E-state index contributed by atoms with van der Waals surface area (Å²) in [6.45, 7) is 1.84. The van der Waals surface area contributed by atoms with Crippen molar-refractivity contribution in [2.24, 2.45) is 0 Å². The van der Waals surface area contributed by atoms with Crippen molar-refractivity contribution in [2.75, 3.05) is 7.11 Å². The summed E-state index contributed by atoms with van der Waals surface area (Å²) in [7, 11) is 1.57. The van der Waals surface area contributed by atoms with E-state index in [1.165, 1.54) is 0 Å². The average molecular weight is 162 g/mol. The molecule has 1 rings (SSSR count). The summed E-state index contributed by atoms with van der Waals surface area (Å²) >= 11 is 0. The molecular formula is C9H10N2O. The van der Waals surface area contributed by atoms with Crippen LogP contribution in [-0.4, -0.2) is 12.1 Å². The molecule has 1 unspecified atom stereocenters. The summed E-state index contributed by atoms with van der Waals surface area (Å²) in [5.74, 6) is 0.465. The van der Waals surface area contributed by atoms with E-state index in [9.17, 15) is 0 Å². The van der Waals surface area contributed by atoms with E-state index in [1.54, 1.807) is 19.4 Å². The maximum absolute atomic E-state index is 8.61. The zero-order valence-corrected chi connectivity index (χ0v) is 7.11. The molecule has 1 atom stereocenters. The van der Waals surface area contributed by atoms with Crippen LogP contribution in [-0.2, 0) is 0 Å². The van der Waals surface area contributed by atoms with Gasteiger partial charge in [0.25, 0.3) is 0 Å². The predicted octanol–water partition coefficient (Wildman–Crippen LogP) is 1.72. The van der Waals surface area contributed by atoms with Crippen molar-refractivity contribution >= 4 is 0 Å². The van der Waals surface area contributed by atoms with Crippen molar-refractivity contribution in [2.45, 2.75) is 12.8 Å². The highest BCUT2D eigenvalue weighted by Crippen LogP contribution is 2.14. The van der Waals surface area contributed by atoms with Gasteiger partial charge in [0.05, 0.1) is 19.1 Å². The Labute approximate surface area is 71.6 Å². The normalized spacial score (nSPS) is 11.8. The number of rotatable bonds is 2. The number of hydrogen-bond donors (Lipinski definition) is 0. The molecule has 0 saturated carbocycles. The van der Waals surface area contributed by atoms with Crippen LogP contribution in [0.5, 0.6) is 5.88 Å². The Bertz CT molecular complexity index is 286. The summed E-state index contributed by atoms with van der Waals surface area (Å²) < 4.78 is 4.89. The van der Waals surface area contributed by atoms with Crippen LogP contribution in [0.15, 0.2) is 18.3 Å². The van der Waals surface area contributed by atoms with Crippen molar-refractivity contribution in [3.8, 4) is 11.9 Å². The van der Waals surface area contributed by atoms with Crippen LogP contribution in [0.3, 0.4) is 0 Å². The molecule has 62 valence electrons. The van der Waals surface area contributed by atoms with Crippen LogP contribution in [0, 0.1) is 11.3 Å². The van der Waals surface area contributed by atoms with Gasteiger partial charge in [0.1, 0.15) is 0 Å². The minimum absolute atomic E-state index is 0.108. The highest BCUT2D eigenvalue weighted by molar-refractivity contribution is 5.24. The van der Waals surface area contributed by atoms with Gasteiger partial charge in [0.2, 0.25) is 5.88 Å². The lowest BCUT2D eigenvalue weighted by Gasteiger charge is -2.02. The van der Waals surface area contributed by atoms with E-state index in [2.05, 4.69) is 11.1 Å². The molecule has 0 saturated heterocycles. The molecule has 3 heteroatoms. The van der Waals surface area contributed by atoms with Gasteiger partial charge in [-0.1, -0.05) is 6.07 Å². The van der Waals surface area contributed by atoms with E-state index in [0.29, 0.717) is 5.88 Å². The van der Waals surface area contributed by atoms with E-state index in [4.69, 9.17) is 10.00 Å². The van der Waals surface area contributed by atoms with Gasteiger partial charge in [-0.25, -0.2) is 4.98 Å². The number of aromatic nitrogens is 1. The lowest BCUT2D eigenvalue weighted by molar-refractivity contribution is 0.397. The third kappa shape index (κ3) is 1.73. The van der Waals surface area contributed by atoms with E-state index in [0.717, 1.165) is 5.56 Å². The van der Waals surface area contributed by atoms with Gasteiger partial charge in [0, 0.05) is 12.3 Å². The summed E-state index contributed by atoms with van der Waals surface area (Å²) in [5, 5.41) is 8.61. The second kappa shape index (κ2) is 3.72. The molecule has 3 nitrogen and oxygen atoms in total. The molecule has 0 aliphatic rings. The number of hydrogen-bond acceptors (Lipinski definition) is 3. The molecule has 12 heavy (non-hydrogen) atoms. The standard InChI is InChI=1S/C9H10N2O/c1-7(5-10)8-3-4-9(12-2)11-6-8/h3-4,6-7H,1-2H3. The van der Waals surface area contributed by atoms with Crippen LogP contribution >= 0.6 is 0 Å². The molecule has 0 bridgehead atoms. The van der Waals surface area contributed by atoms with E-state index >= 15 is 0 Å². The molecule has 0 aliphatic heterocycles. The van der Waals surface area contributed by atoms with Gasteiger partial charge in [-0.15, -0.1) is 0 Å². The molecule has 0 N–H and O–H groups in total. The molecule has 1 aromatic heterocycles. The Hall–Kier alpha value is -1.56. The number of ether oxygens (including phenoxy) is 1. The molecule has 0 spiro atoms. The fourth-order valence-electron chi connectivity index (χ4n) is 0.843. The molecule has 0 radical (unpaired) electrons. The van der Waals surface area contributed by atoms with Crippen LogP contribution in [0.2, 0.25) is 0 Å².